The zero-order chi connectivity index (χ0) is 27.8. The van der Waals surface area contributed by atoms with Gasteiger partial charge in [0.1, 0.15) is 17.2 Å². The average Bonchev–Trinajstić information content (AvgIpc) is 3.35. The van der Waals surface area contributed by atoms with Crippen LogP contribution in [0.15, 0.2) is 79.1 Å². The monoisotopic (exact) mass is 531 g/mol. The van der Waals surface area contributed by atoms with Gasteiger partial charge in [0.15, 0.2) is 5.82 Å². The standard InChI is InChI=1S/C28H29N5O6/c1-3-31(4-2)17-15-30-26(34)32-16-13-20-18-22(10-11-24(20)32)38-23-12-14-29-25(19-23)33(27(35)36)28(37)39-21-8-6-5-7-9-21/h5-14,16,18-19H,3-4,15,17H2,1-2H3,(H,30,34)(H,35,36). The molecule has 0 aliphatic heterocycles. The summed E-state index contributed by atoms with van der Waals surface area (Å²) in [6.07, 6.45) is 0.332. The van der Waals surface area contributed by atoms with Gasteiger partial charge >= 0.3 is 18.2 Å². The summed E-state index contributed by atoms with van der Waals surface area (Å²) in [7, 11) is 0. The van der Waals surface area contributed by atoms with E-state index < -0.39 is 12.2 Å². The molecular weight excluding hydrogens is 502 g/mol. The Morgan fingerprint density at radius 3 is 2.41 bits per heavy atom. The van der Waals surface area contributed by atoms with E-state index >= 15 is 0 Å². The number of aromatic nitrogens is 2. The van der Waals surface area contributed by atoms with E-state index in [1.54, 1.807) is 48.7 Å². The number of amides is 3. The number of carboxylic acid groups (broad SMARTS) is 1. The average molecular weight is 532 g/mol. The number of carbonyl (C=O) groups excluding carboxylic acids is 2. The fraction of sp³-hybridized carbons (Fsp3) is 0.214. The van der Waals surface area contributed by atoms with E-state index in [9.17, 15) is 19.5 Å². The van der Waals surface area contributed by atoms with Crippen LogP contribution in [0.1, 0.15) is 13.8 Å². The van der Waals surface area contributed by atoms with Gasteiger partial charge in [-0.1, -0.05) is 32.0 Å². The van der Waals surface area contributed by atoms with Gasteiger partial charge in [-0.15, -0.1) is 0 Å². The highest BCUT2D eigenvalue weighted by atomic mass is 16.6. The first-order valence-electron chi connectivity index (χ1n) is 12.4. The van der Waals surface area contributed by atoms with E-state index in [1.165, 1.54) is 35.0 Å². The van der Waals surface area contributed by atoms with Crippen LogP contribution >= 0.6 is 0 Å². The number of imide groups is 1. The third-order valence-electron chi connectivity index (χ3n) is 5.98. The molecule has 0 radical (unpaired) electrons. The number of benzene rings is 2. The van der Waals surface area contributed by atoms with Gasteiger partial charge in [0, 0.05) is 36.9 Å². The van der Waals surface area contributed by atoms with Crippen LogP contribution in [0.5, 0.6) is 17.2 Å². The molecule has 0 fully saturated rings. The molecule has 2 heterocycles. The van der Waals surface area contributed by atoms with Crippen molar-refractivity contribution in [3.8, 4) is 17.2 Å². The summed E-state index contributed by atoms with van der Waals surface area (Å²) in [5, 5.41) is 13.3. The van der Waals surface area contributed by atoms with Crippen LogP contribution in [0.4, 0.5) is 20.2 Å². The summed E-state index contributed by atoms with van der Waals surface area (Å²) >= 11 is 0. The molecule has 0 aliphatic rings. The Bertz CT molecular complexity index is 1450. The summed E-state index contributed by atoms with van der Waals surface area (Å²) in [6, 6.07) is 17.8. The van der Waals surface area contributed by atoms with Crippen LogP contribution in [0.3, 0.4) is 0 Å². The number of hydrogen-bond donors (Lipinski definition) is 2. The maximum Gasteiger partial charge on any atom is 0.430 e. The first-order chi connectivity index (χ1) is 18.9. The van der Waals surface area contributed by atoms with Crippen LogP contribution in [0.2, 0.25) is 0 Å². The van der Waals surface area contributed by atoms with Crippen molar-refractivity contribution < 1.29 is 29.0 Å². The fourth-order valence-corrected chi connectivity index (χ4v) is 3.93. The Balaban J connectivity index is 1.46. The second-order valence-corrected chi connectivity index (χ2v) is 8.42. The molecule has 0 unspecified atom stereocenters. The normalized spacial score (nSPS) is 10.8. The molecule has 3 amide bonds. The molecule has 0 aliphatic carbocycles. The minimum absolute atomic E-state index is 0.186. The number of likely N-dealkylation sites (N-methyl/N-ethyl adjacent to an activating group) is 1. The molecule has 4 rings (SSSR count). The van der Waals surface area contributed by atoms with Crippen LogP contribution in [0.25, 0.3) is 10.9 Å². The molecule has 11 nitrogen and oxygen atoms in total. The van der Waals surface area contributed by atoms with E-state index in [0.29, 0.717) is 22.7 Å². The Morgan fingerprint density at radius 2 is 1.69 bits per heavy atom. The molecule has 0 atom stereocenters. The molecule has 2 aromatic carbocycles. The first-order valence-corrected chi connectivity index (χ1v) is 12.4. The second kappa shape index (κ2) is 12.6. The molecule has 2 N–H and O–H groups in total. The fourth-order valence-electron chi connectivity index (χ4n) is 3.93. The molecule has 11 heteroatoms. The number of anilines is 1. The van der Waals surface area contributed by atoms with Crippen molar-refractivity contribution in [1.29, 1.82) is 0 Å². The maximum absolute atomic E-state index is 12.7. The topological polar surface area (TPSA) is 126 Å². The van der Waals surface area contributed by atoms with Gasteiger partial charge in [-0.25, -0.2) is 19.4 Å². The lowest BCUT2D eigenvalue weighted by molar-refractivity contribution is 0.187. The van der Waals surface area contributed by atoms with Gasteiger partial charge in [0.05, 0.1) is 5.52 Å². The van der Waals surface area contributed by atoms with E-state index in [0.717, 1.165) is 25.0 Å². The third-order valence-corrected chi connectivity index (χ3v) is 5.98. The number of nitrogens with one attached hydrogen (secondary N) is 1. The third kappa shape index (κ3) is 6.70. The Labute approximate surface area is 225 Å². The highest BCUT2D eigenvalue weighted by Gasteiger charge is 2.27. The van der Waals surface area contributed by atoms with Gasteiger partial charge in [-0.2, -0.15) is 4.90 Å². The van der Waals surface area contributed by atoms with E-state index in [2.05, 4.69) is 29.0 Å². The van der Waals surface area contributed by atoms with E-state index in [1.807, 2.05) is 0 Å². The molecule has 0 saturated carbocycles. The Kier molecular flexibility index (Phi) is 8.75. The number of carbonyl (C=O) groups is 3. The van der Waals surface area contributed by atoms with Crippen molar-refractivity contribution in [3.63, 3.8) is 0 Å². The molecule has 0 spiro atoms. The highest BCUT2D eigenvalue weighted by molar-refractivity contribution is 6.08. The number of ether oxygens (including phenoxy) is 2. The Hall–Kier alpha value is -4.90. The number of pyridine rings is 1. The summed E-state index contributed by atoms with van der Waals surface area (Å²) in [4.78, 5) is 43.7. The van der Waals surface area contributed by atoms with Crippen LogP contribution in [-0.4, -0.2) is 64.0 Å². The number of rotatable bonds is 9. The lowest BCUT2D eigenvalue weighted by atomic mass is 10.2. The quantitative estimate of drug-likeness (QED) is 0.294. The predicted octanol–water partition coefficient (Wildman–Crippen LogP) is 5.41. The van der Waals surface area contributed by atoms with Crippen molar-refractivity contribution in [2.45, 2.75) is 13.8 Å². The molecular formula is C28H29N5O6. The summed E-state index contributed by atoms with van der Waals surface area (Å²) in [5.41, 5.74) is 0.707. The zero-order valence-corrected chi connectivity index (χ0v) is 21.6. The van der Waals surface area contributed by atoms with Crippen molar-refractivity contribution in [2.24, 2.45) is 0 Å². The van der Waals surface area contributed by atoms with Crippen LogP contribution in [-0.2, 0) is 0 Å². The van der Waals surface area contributed by atoms with Gasteiger partial charge in [0.25, 0.3) is 0 Å². The highest BCUT2D eigenvalue weighted by Crippen LogP contribution is 2.28. The van der Waals surface area contributed by atoms with Crippen LogP contribution in [0, 0.1) is 0 Å². The zero-order valence-electron chi connectivity index (χ0n) is 21.6. The second-order valence-electron chi connectivity index (χ2n) is 8.42. The van der Waals surface area contributed by atoms with Gasteiger partial charge in [-0.3, -0.25) is 4.57 Å². The minimum Gasteiger partial charge on any atom is -0.464 e. The lowest BCUT2D eigenvalue weighted by Crippen LogP contribution is -2.38. The van der Waals surface area contributed by atoms with Gasteiger partial charge in [0.2, 0.25) is 0 Å². The van der Waals surface area contributed by atoms with Crippen molar-refractivity contribution in [1.82, 2.24) is 19.8 Å². The summed E-state index contributed by atoms with van der Waals surface area (Å²) in [6.45, 7) is 7.32. The predicted molar refractivity (Wildman–Crippen MR) is 146 cm³/mol. The van der Waals surface area contributed by atoms with E-state index in [4.69, 9.17) is 9.47 Å². The minimum atomic E-state index is -1.56. The van der Waals surface area contributed by atoms with Crippen molar-refractivity contribution in [3.05, 3.63) is 79.1 Å². The summed E-state index contributed by atoms with van der Waals surface area (Å²) < 4.78 is 12.6. The molecule has 2 aromatic heterocycles. The smallest absolute Gasteiger partial charge is 0.430 e. The molecule has 202 valence electrons. The van der Waals surface area contributed by atoms with Gasteiger partial charge < -0.3 is 24.8 Å². The number of nitrogens with zero attached hydrogens (tertiary/aromatic N) is 4. The molecule has 0 saturated heterocycles. The van der Waals surface area contributed by atoms with Crippen LogP contribution < -0.4 is 19.7 Å². The molecule has 0 bridgehead atoms. The maximum atomic E-state index is 12.7. The summed E-state index contributed by atoms with van der Waals surface area (Å²) in [5.74, 6) is 0.716. The Morgan fingerprint density at radius 1 is 0.949 bits per heavy atom. The number of para-hydroxylation sites is 1. The van der Waals surface area contributed by atoms with E-state index in [-0.39, 0.29) is 23.3 Å². The lowest BCUT2D eigenvalue weighted by Gasteiger charge is -2.18. The number of hydrogen-bond acceptors (Lipinski definition) is 7. The van der Waals surface area contributed by atoms with Crippen molar-refractivity contribution in [2.75, 3.05) is 31.1 Å². The first kappa shape index (κ1) is 27.1. The SMILES string of the molecule is CCN(CC)CCNC(=O)n1ccc2cc(Oc3ccnc(N(C(=O)O)C(=O)Oc4ccccc4)c3)ccc21. The number of fused-ring (bicyclic) bond motifs is 1. The van der Waals surface area contributed by atoms with Gasteiger partial charge in [-0.05, 0) is 55.6 Å². The largest absolute Gasteiger partial charge is 0.464 e. The van der Waals surface area contributed by atoms with Crippen molar-refractivity contribution >= 4 is 34.9 Å². The molecule has 39 heavy (non-hydrogen) atoms. The molecule has 4 aromatic rings.